The van der Waals surface area contributed by atoms with E-state index in [4.69, 9.17) is 5.73 Å². The van der Waals surface area contributed by atoms with Gasteiger partial charge in [-0.05, 0) is 56.2 Å². The molecule has 1 aliphatic heterocycles. The van der Waals surface area contributed by atoms with Crippen LogP contribution in [0.1, 0.15) is 50.5 Å². The molecule has 0 spiro atoms. The minimum Gasteiger partial charge on any atom is -0.398 e. The van der Waals surface area contributed by atoms with E-state index in [1.165, 1.54) is 49.8 Å². The van der Waals surface area contributed by atoms with E-state index in [9.17, 15) is 4.79 Å². The van der Waals surface area contributed by atoms with Gasteiger partial charge in [0.25, 0.3) is 0 Å². The van der Waals surface area contributed by atoms with Gasteiger partial charge in [-0.2, -0.15) is 0 Å². The Morgan fingerprint density at radius 1 is 1.13 bits per heavy atom. The second-order valence-electron chi connectivity index (χ2n) is 7.34. The molecule has 23 heavy (non-hydrogen) atoms. The minimum absolute atomic E-state index is 0.328. The molecule has 1 amide bonds. The monoisotopic (exact) mass is 313 g/mol. The van der Waals surface area contributed by atoms with Gasteiger partial charge in [0.15, 0.2) is 0 Å². The summed E-state index contributed by atoms with van der Waals surface area (Å²) in [5.74, 6) is 0.328. The number of benzene rings is 1. The highest BCUT2D eigenvalue weighted by Crippen LogP contribution is 2.36. The minimum atomic E-state index is 0.328. The molecule has 1 aromatic rings. The number of carbonyl (C=O) groups is 1. The third-order valence-electron chi connectivity index (χ3n) is 5.66. The summed E-state index contributed by atoms with van der Waals surface area (Å²) < 4.78 is 0. The molecule has 0 bridgehead atoms. The molecule has 4 nitrogen and oxygen atoms in total. The second kappa shape index (κ2) is 6.06. The number of nitrogens with two attached hydrogens (primary N) is 1. The summed E-state index contributed by atoms with van der Waals surface area (Å²) in [6, 6.07) is 7.12. The van der Waals surface area contributed by atoms with Gasteiger partial charge >= 0.3 is 0 Å². The Bertz CT molecular complexity index is 590. The number of nitrogen functional groups attached to an aromatic ring is 1. The molecular formula is C19H27N3O. The van der Waals surface area contributed by atoms with E-state index in [2.05, 4.69) is 15.9 Å². The van der Waals surface area contributed by atoms with Crippen LogP contribution in [0, 0.1) is 0 Å². The lowest BCUT2D eigenvalue weighted by molar-refractivity contribution is -0.132. The fourth-order valence-electron chi connectivity index (χ4n) is 4.38. The van der Waals surface area contributed by atoms with Crippen LogP contribution in [0.15, 0.2) is 18.2 Å². The van der Waals surface area contributed by atoms with Crippen molar-refractivity contribution in [2.45, 2.75) is 63.5 Å². The maximum Gasteiger partial charge on any atom is 0.242 e. The van der Waals surface area contributed by atoms with Crippen molar-refractivity contribution in [3.05, 3.63) is 23.8 Å². The van der Waals surface area contributed by atoms with Gasteiger partial charge in [0.2, 0.25) is 5.91 Å². The summed E-state index contributed by atoms with van der Waals surface area (Å²) in [7, 11) is 0. The Morgan fingerprint density at radius 3 is 2.61 bits per heavy atom. The number of hydrogen-bond donors (Lipinski definition) is 1. The van der Waals surface area contributed by atoms with E-state index in [-0.39, 0.29) is 0 Å². The molecule has 2 N–H and O–H groups in total. The van der Waals surface area contributed by atoms with Crippen molar-refractivity contribution in [1.29, 1.82) is 0 Å². The summed E-state index contributed by atoms with van der Waals surface area (Å²) in [5, 5.41) is 0. The normalized spacial score (nSPS) is 21.3. The molecule has 0 unspecified atom stereocenters. The number of fused-ring (bicyclic) bond motifs is 1. The summed E-state index contributed by atoms with van der Waals surface area (Å²) in [6.45, 7) is 1.48. The first-order chi connectivity index (χ1) is 11.2. The molecule has 0 aromatic heterocycles. The van der Waals surface area contributed by atoms with Gasteiger partial charge in [-0.1, -0.05) is 18.9 Å². The van der Waals surface area contributed by atoms with Gasteiger partial charge in [0.1, 0.15) is 0 Å². The first-order valence-electron chi connectivity index (χ1n) is 9.17. The lowest BCUT2D eigenvalue weighted by Crippen LogP contribution is -2.47. The van der Waals surface area contributed by atoms with Crippen molar-refractivity contribution >= 4 is 17.3 Å². The van der Waals surface area contributed by atoms with Crippen molar-refractivity contribution in [1.82, 2.24) is 4.90 Å². The largest absolute Gasteiger partial charge is 0.398 e. The Kier molecular flexibility index (Phi) is 3.92. The molecule has 2 aliphatic carbocycles. The molecule has 0 atom stereocenters. The van der Waals surface area contributed by atoms with Crippen molar-refractivity contribution in [3.63, 3.8) is 0 Å². The zero-order valence-corrected chi connectivity index (χ0v) is 13.8. The zero-order valence-electron chi connectivity index (χ0n) is 13.8. The molecule has 2 saturated carbocycles. The number of anilines is 2. The van der Waals surface area contributed by atoms with Crippen LogP contribution < -0.4 is 10.6 Å². The number of nitrogens with zero attached hydrogens (tertiary/aromatic N) is 2. The third kappa shape index (κ3) is 2.91. The van der Waals surface area contributed by atoms with Crippen LogP contribution >= 0.6 is 0 Å². The number of hydrogen-bond acceptors (Lipinski definition) is 3. The lowest BCUT2D eigenvalue weighted by Gasteiger charge is -2.35. The molecule has 3 aliphatic rings. The Hall–Kier alpha value is -1.71. The van der Waals surface area contributed by atoms with Gasteiger partial charge < -0.3 is 15.5 Å². The molecule has 0 radical (unpaired) electrons. The molecule has 1 aromatic carbocycles. The van der Waals surface area contributed by atoms with Crippen LogP contribution in [-0.4, -0.2) is 36.0 Å². The number of carbonyl (C=O) groups excluding carboxylic acids is 1. The predicted octanol–water partition coefficient (Wildman–Crippen LogP) is 2.96. The smallest absolute Gasteiger partial charge is 0.242 e. The van der Waals surface area contributed by atoms with E-state index >= 15 is 0 Å². The van der Waals surface area contributed by atoms with E-state index in [1.807, 2.05) is 12.1 Å². The Labute approximate surface area is 138 Å². The van der Waals surface area contributed by atoms with E-state index in [0.29, 0.717) is 24.5 Å². The quantitative estimate of drug-likeness (QED) is 0.870. The highest BCUT2D eigenvalue weighted by atomic mass is 16.2. The van der Waals surface area contributed by atoms with Crippen LogP contribution in [-0.2, 0) is 11.2 Å². The van der Waals surface area contributed by atoms with E-state index in [0.717, 1.165) is 25.1 Å². The molecule has 0 saturated heterocycles. The summed E-state index contributed by atoms with van der Waals surface area (Å²) in [4.78, 5) is 17.5. The predicted molar refractivity (Wildman–Crippen MR) is 93.5 cm³/mol. The number of rotatable bonds is 4. The first-order valence-corrected chi connectivity index (χ1v) is 9.17. The molecular weight excluding hydrogens is 286 g/mol. The Balaban J connectivity index is 1.51. The van der Waals surface area contributed by atoms with Crippen molar-refractivity contribution in [2.24, 2.45) is 0 Å². The average Bonchev–Trinajstić information content (AvgIpc) is 3.22. The fourth-order valence-corrected chi connectivity index (χ4v) is 4.38. The van der Waals surface area contributed by atoms with Gasteiger partial charge in [-0.3, -0.25) is 4.79 Å². The van der Waals surface area contributed by atoms with Gasteiger partial charge in [-0.15, -0.1) is 0 Å². The fraction of sp³-hybridized carbons (Fsp3) is 0.632. The van der Waals surface area contributed by atoms with E-state index < -0.39 is 0 Å². The molecule has 4 rings (SSSR count). The van der Waals surface area contributed by atoms with Gasteiger partial charge in [-0.25, -0.2) is 0 Å². The van der Waals surface area contributed by atoms with Crippen LogP contribution in [0.4, 0.5) is 11.4 Å². The first kappa shape index (κ1) is 14.9. The molecule has 4 heteroatoms. The molecule has 2 fully saturated rings. The van der Waals surface area contributed by atoms with Crippen molar-refractivity contribution < 1.29 is 4.79 Å². The van der Waals surface area contributed by atoms with Crippen LogP contribution in [0.25, 0.3) is 0 Å². The van der Waals surface area contributed by atoms with Crippen LogP contribution in [0.5, 0.6) is 0 Å². The standard InChI is InChI=1S/C19H27N3O/c20-17-8-3-9-18-16(17)7-4-12-21(18)13-19(23)22(15-10-11-15)14-5-1-2-6-14/h3,8-9,14-15H,1-2,4-7,10-13,20H2. The molecule has 124 valence electrons. The summed E-state index contributed by atoms with van der Waals surface area (Å²) >= 11 is 0. The second-order valence-corrected chi connectivity index (χ2v) is 7.34. The highest BCUT2D eigenvalue weighted by molar-refractivity contribution is 5.83. The average molecular weight is 313 g/mol. The van der Waals surface area contributed by atoms with Crippen molar-refractivity contribution in [3.8, 4) is 0 Å². The topological polar surface area (TPSA) is 49.6 Å². The van der Waals surface area contributed by atoms with Crippen molar-refractivity contribution in [2.75, 3.05) is 23.7 Å². The third-order valence-corrected chi connectivity index (χ3v) is 5.66. The zero-order chi connectivity index (χ0) is 15.8. The highest BCUT2D eigenvalue weighted by Gasteiger charge is 2.38. The van der Waals surface area contributed by atoms with Gasteiger partial charge in [0, 0.05) is 30.0 Å². The maximum atomic E-state index is 13.0. The maximum absolute atomic E-state index is 13.0. The lowest BCUT2D eigenvalue weighted by atomic mass is 10.00. The van der Waals surface area contributed by atoms with Crippen LogP contribution in [0.2, 0.25) is 0 Å². The van der Waals surface area contributed by atoms with E-state index in [1.54, 1.807) is 0 Å². The van der Waals surface area contributed by atoms with Crippen LogP contribution in [0.3, 0.4) is 0 Å². The number of amides is 1. The van der Waals surface area contributed by atoms with Gasteiger partial charge in [0.05, 0.1) is 6.54 Å². The summed E-state index contributed by atoms with van der Waals surface area (Å²) in [6.07, 6.45) is 9.48. The SMILES string of the molecule is Nc1cccc2c1CCCN2CC(=O)N(C1CCCC1)C1CC1. The Morgan fingerprint density at radius 2 is 1.87 bits per heavy atom. The summed E-state index contributed by atoms with van der Waals surface area (Å²) in [5.41, 5.74) is 9.40. The molecule has 1 heterocycles.